The standard InChI is InChI=1S/C17H23F3N6O/c1-9-12(6-7-13(27)24-16(3,8-21)11-4-5-11)10(2)26-15(22-9)23-14(25-26)17(18,19)20/h11H,4-8,21H2,1-3H3,(H,24,27). The van der Waals surface area contributed by atoms with Crippen LogP contribution in [0.1, 0.15) is 49.0 Å². The number of hydrogen-bond donors (Lipinski definition) is 2. The van der Waals surface area contributed by atoms with Gasteiger partial charge in [-0.3, -0.25) is 4.79 Å². The molecule has 2 heterocycles. The molecule has 7 nitrogen and oxygen atoms in total. The van der Waals surface area contributed by atoms with Gasteiger partial charge in [0, 0.05) is 24.4 Å². The summed E-state index contributed by atoms with van der Waals surface area (Å²) in [7, 11) is 0. The Balaban J connectivity index is 1.77. The fraction of sp³-hybridized carbons (Fsp3) is 0.647. The molecule has 0 aliphatic heterocycles. The number of aromatic nitrogens is 4. The van der Waals surface area contributed by atoms with Gasteiger partial charge in [-0.1, -0.05) is 0 Å². The molecule has 1 aliphatic carbocycles. The van der Waals surface area contributed by atoms with Gasteiger partial charge in [-0.2, -0.15) is 18.2 Å². The summed E-state index contributed by atoms with van der Waals surface area (Å²) in [6, 6.07) is 0. The Morgan fingerprint density at radius 2 is 1.96 bits per heavy atom. The Kier molecular flexibility index (Phi) is 4.87. The van der Waals surface area contributed by atoms with Crippen LogP contribution in [-0.4, -0.2) is 37.6 Å². The number of hydrogen-bond acceptors (Lipinski definition) is 5. The zero-order chi connectivity index (χ0) is 20.0. The van der Waals surface area contributed by atoms with E-state index in [0.29, 0.717) is 35.8 Å². The van der Waals surface area contributed by atoms with Gasteiger partial charge in [-0.05, 0) is 51.5 Å². The fourth-order valence-electron chi connectivity index (χ4n) is 3.35. The van der Waals surface area contributed by atoms with Gasteiger partial charge in [0.15, 0.2) is 0 Å². The molecule has 2 aromatic heterocycles. The van der Waals surface area contributed by atoms with Crippen LogP contribution in [0.3, 0.4) is 0 Å². The van der Waals surface area contributed by atoms with Crippen LogP contribution in [0, 0.1) is 19.8 Å². The van der Waals surface area contributed by atoms with Gasteiger partial charge < -0.3 is 11.1 Å². The summed E-state index contributed by atoms with van der Waals surface area (Å²) in [4.78, 5) is 19.9. The van der Waals surface area contributed by atoms with E-state index in [1.165, 1.54) is 0 Å². The minimum Gasteiger partial charge on any atom is -0.349 e. The van der Waals surface area contributed by atoms with Gasteiger partial charge in [-0.25, -0.2) is 9.50 Å². The first-order chi connectivity index (χ1) is 12.5. The maximum Gasteiger partial charge on any atom is 0.453 e. The summed E-state index contributed by atoms with van der Waals surface area (Å²) in [5, 5.41) is 6.52. The number of nitrogens with zero attached hydrogens (tertiary/aromatic N) is 4. The number of amides is 1. The predicted octanol–water partition coefficient (Wildman–Crippen LogP) is 1.94. The van der Waals surface area contributed by atoms with Crippen LogP contribution < -0.4 is 11.1 Å². The van der Waals surface area contributed by atoms with E-state index in [2.05, 4.69) is 20.4 Å². The Labute approximate surface area is 154 Å². The summed E-state index contributed by atoms with van der Waals surface area (Å²) >= 11 is 0. The van der Waals surface area contributed by atoms with Crippen molar-refractivity contribution >= 4 is 11.7 Å². The lowest BCUT2D eigenvalue weighted by Gasteiger charge is -2.29. The Hall–Kier alpha value is -2.23. The maximum atomic E-state index is 12.8. The monoisotopic (exact) mass is 384 g/mol. The average Bonchev–Trinajstić information content (AvgIpc) is 3.34. The van der Waals surface area contributed by atoms with E-state index in [9.17, 15) is 18.0 Å². The minimum atomic E-state index is -4.64. The topological polar surface area (TPSA) is 98.2 Å². The number of aryl methyl sites for hydroxylation is 2. The molecule has 0 aromatic carbocycles. The highest BCUT2D eigenvalue weighted by atomic mass is 19.4. The van der Waals surface area contributed by atoms with Gasteiger partial charge in [0.25, 0.3) is 11.6 Å². The zero-order valence-electron chi connectivity index (χ0n) is 15.5. The van der Waals surface area contributed by atoms with Crippen LogP contribution in [0.25, 0.3) is 5.78 Å². The lowest BCUT2D eigenvalue weighted by molar-refractivity contribution is -0.144. The van der Waals surface area contributed by atoms with Crippen molar-refractivity contribution in [3.05, 3.63) is 22.8 Å². The summed E-state index contributed by atoms with van der Waals surface area (Å²) in [5.41, 5.74) is 7.14. The summed E-state index contributed by atoms with van der Waals surface area (Å²) in [6.45, 7) is 5.66. The quantitative estimate of drug-likeness (QED) is 0.793. The summed E-state index contributed by atoms with van der Waals surface area (Å²) in [5.74, 6) is -1.06. The van der Waals surface area contributed by atoms with Gasteiger partial charge in [0.1, 0.15) is 0 Å². The van der Waals surface area contributed by atoms with Gasteiger partial charge in [-0.15, -0.1) is 5.10 Å². The maximum absolute atomic E-state index is 12.8. The number of halogens is 3. The van der Waals surface area contributed by atoms with Crippen LogP contribution in [0.5, 0.6) is 0 Å². The molecule has 1 fully saturated rings. The zero-order valence-corrected chi connectivity index (χ0v) is 15.5. The highest BCUT2D eigenvalue weighted by Crippen LogP contribution is 2.39. The molecule has 0 saturated heterocycles. The SMILES string of the molecule is Cc1nc2nc(C(F)(F)F)nn2c(C)c1CCC(=O)NC(C)(CN)C1CC1. The van der Waals surface area contributed by atoms with E-state index in [1.54, 1.807) is 13.8 Å². The number of nitrogens with two attached hydrogens (primary N) is 1. The molecule has 2 aromatic rings. The molecular formula is C17H23F3N6O. The number of carbonyl (C=O) groups excluding carboxylic acids is 1. The van der Waals surface area contributed by atoms with E-state index in [1.807, 2.05) is 6.92 Å². The van der Waals surface area contributed by atoms with Gasteiger partial charge in [0.2, 0.25) is 5.91 Å². The van der Waals surface area contributed by atoms with E-state index in [-0.39, 0.29) is 18.1 Å². The van der Waals surface area contributed by atoms with Crippen molar-refractivity contribution in [3.8, 4) is 0 Å². The molecule has 1 amide bonds. The Morgan fingerprint density at radius 1 is 1.30 bits per heavy atom. The molecule has 27 heavy (non-hydrogen) atoms. The van der Waals surface area contributed by atoms with Gasteiger partial charge >= 0.3 is 6.18 Å². The molecule has 3 rings (SSSR count). The van der Waals surface area contributed by atoms with Crippen LogP contribution in [0.15, 0.2) is 0 Å². The van der Waals surface area contributed by atoms with Crippen LogP contribution in [0.2, 0.25) is 0 Å². The van der Waals surface area contributed by atoms with Crippen molar-refractivity contribution in [2.24, 2.45) is 11.7 Å². The van der Waals surface area contributed by atoms with Crippen molar-refractivity contribution in [1.29, 1.82) is 0 Å². The lowest BCUT2D eigenvalue weighted by Crippen LogP contribution is -2.53. The van der Waals surface area contributed by atoms with Gasteiger partial charge in [0.05, 0.1) is 5.54 Å². The Morgan fingerprint density at radius 3 is 2.52 bits per heavy atom. The Bertz CT molecular complexity index is 874. The highest BCUT2D eigenvalue weighted by molar-refractivity contribution is 5.77. The molecule has 0 bridgehead atoms. The first-order valence-electron chi connectivity index (χ1n) is 8.86. The number of carbonyl (C=O) groups is 1. The molecule has 10 heteroatoms. The van der Waals surface area contributed by atoms with E-state index >= 15 is 0 Å². The third-order valence-corrected chi connectivity index (χ3v) is 5.23. The summed E-state index contributed by atoms with van der Waals surface area (Å²) in [6.07, 6.45) is -1.98. The molecule has 1 unspecified atom stereocenters. The predicted molar refractivity (Wildman–Crippen MR) is 91.9 cm³/mol. The molecule has 148 valence electrons. The second-order valence-corrected chi connectivity index (χ2v) is 7.35. The molecule has 1 saturated carbocycles. The molecule has 3 N–H and O–H groups in total. The first kappa shape index (κ1) is 19.5. The number of fused-ring (bicyclic) bond motifs is 1. The highest BCUT2D eigenvalue weighted by Gasteiger charge is 2.41. The minimum absolute atomic E-state index is 0.102. The number of rotatable bonds is 6. The van der Waals surface area contributed by atoms with Crippen LogP contribution in [0.4, 0.5) is 13.2 Å². The second kappa shape index (κ2) is 6.74. The average molecular weight is 384 g/mol. The third-order valence-electron chi connectivity index (χ3n) is 5.23. The summed E-state index contributed by atoms with van der Waals surface area (Å²) < 4.78 is 39.6. The normalized spacial score (nSPS) is 17.1. The van der Waals surface area contributed by atoms with Crippen molar-refractivity contribution < 1.29 is 18.0 Å². The smallest absolute Gasteiger partial charge is 0.349 e. The molecular weight excluding hydrogens is 361 g/mol. The van der Waals surface area contributed by atoms with E-state index in [0.717, 1.165) is 17.4 Å². The third kappa shape index (κ3) is 3.90. The lowest BCUT2D eigenvalue weighted by atomic mass is 9.95. The largest absolute Gasteiger partial charge is 0.453 e. The number of alkyl halides is 3. The first-order valence-corrected chi connectivity index (χ1v) is 8.86. The van der Waals surface area contributed by atoms with Crippen molar-refractivity contribution in [3.63, 3.8) is 0 Å². The second-order valence-electron chi connectivity index (χ2n) is 7.35. The van der Waals surface area contributed by atoms with E-state index < -0.39 is 17.5 Å². The molecule has 1 atom stereocenters. The van der Waals surface area contributed by atoms with Crippen LogP contribution >= 0.6 is 0 Å². The van der Waals surface area contributed by atoms with Crippen molar-refractivity contribution in [2.75, 3.05) is 6.54 Å². The molecule has 1 aliphatic rings. The van der Waals surface area contributed by atoms with E-state index in [4.69, 9.17) is 5.73 Å². The van der Waals surface area contributed by atoms with Crippen LogP contribution in [-0.2, 0) is 17.4 Å². The fourth-order valence-corrected chi connectivity index (χ4v) is 3.35. The molecule has 0 spiro atoms. The molecule has 0 radical (unpaired) electrons. The van der Waals surface area contributed by atoms with Crippen molar-refractivity contribution in [1.82, 2.24) is 24.9 Å². The number of nitrogens with one attached hydrogen (secondary N) is 1. The van der Waals surface area contributed by atoms with Crippen molar-refractivity contribution in [2.45, 2.75) is 58.2 Å².